The predicted molar refractivity (Wildman–Crippen MR) is 112 cm³/mol. The van der Waals surface area contributed by atoms with E-state index in [1.807, 2.05) is 0 Å². The van der Waals surface area contributed by atoms with Crippen LogP contribution < -0.4 is 10.6 Å². The fourth-order valence-corrected chi connectivity index (χ4v) is 4.04. The van der Waals surface area contributed by atoms with Gasteiger partial charge in [-0.15, -0.1) is 0 Å². The molecule has 2 N–H and O–H groups in total. The van der Waals surface area contributed by atoms with Crippen LogP contribution in [0, 0.1) is 11.7 Å². The Morgan fingerprint density at radius 2 is 1.83 bits per heavy atom. The van der Waals surface area contributed by atoms with Crippen LogP contribution in [0.15, 0.2) is 35.9 Å². The first-order valence-electron chi connectivity index (χ1n) is 10.8. The van der Waals surface area contributed by atoms with Gasteiger partial charge in [-0.25, -0.2) is 4.39 Å². The molecule has 1 fully saturated rings. The van der Waals surface area contributed by atoms with E-state index in [0.717, 1.165) is 37.9 Å². The Labute approximate surface area is 172 Å². The highest BCUT2D eigenvalue weighted by Crippen LogP contribution is 2.20. The molecule has 0 radical (unpaired) electrons. The van der Waals surface area contributed by atoms with Gasteiger partial charge < -0.3 is 10.6 Å². The number of hydrogen-bond donors (Lipinski definition) is 2. The number of nitrogens with one attached hydrogen (secondary N) is 2. The molecule has 1 aromatic carbocycles. The summed E-state index contributed by atoms with van der Waals surface area (Å²) in [5.74, 6) is -0.185. The first kappa shape index (κ1) is 21.5. The molecular formula is C23H32FN3O2. The highest BCUT2D eigenvalue weighted by Gasteiger charge is 2.25. The van der Waals surface area contributed by atoms with Crippen LogP contribution in [0.1, 0.15) is 50.5 Å². The zero-order chi connectivity index (χ0) is 20.5. The van der Waals surface area contributed by atoms with Gasteiger partial charge in [0.1, 0.15) is 5.82 Å². The Balaban J connectivity index is 1.30. The van der Waals surface area contributed by atoms with Crippen molar-refractivity contribution >= 4 is 11.8 Å². The number of likely N-dealkylation sites (tertiary alicyclic amines) is 1. The number of benzene rings is 1. The quantitative estimate of drug-likeness (QED) is 0.658. The van der Waals surface area contributed by atoms with Gasteiger partial charge in [0, 0.05) is 19.0 Å². The summed E-state index contributed by atoms with van der Waals surface area (Å²) in [4.78, 5) is 26.7. The SMILES string of the molecule is O=C(CN1CCC(C(=O)NCc2ccc(F)cc2)CC1)NCCC1=CCCCC1. The molecule has 158 valence electrons. The predicted octanol–water partition coefficient (Wildman–Crippen LogP) is 3.16. The number of allylic oxidation sites excluding steroid dienone is 1. The average molecular weight is 402 g/mol. The standard InChI is InChI=1S/C23H32FN3O2/c24-21-8-6-19(7-9-21)16-26-23(29)20-11-14-27(15-12-20)17-22(28)25-13-10-18-4-2-1-3-5-18/h4,6-9,20H,1-3,5,10-17H2,(H,25,28)(H,26,29). The molecule has 1 aromatic rings. The normalized spacial score (nSPS) is 18.2. The largest absolute Gasteiger partial charge is 0.355 e. The van der Waals surface area contributed by atoms with E-state index < -0.39 is 0 Å². The maximum Gasteiger partial charge on any atom is 0.234 e. The number of piperidine rings is 1. The van der Waals surface area contributed by atoms with Crippen LogP contribution in [0.4, 0.5) is 4.39 Å². The van der Waals surface area contributed by atoms with Crippen molar-refractivity contribution in [2.75, 3.05) is 26.2 Å². The number of carbonyl (C=O) groups is 2. The van der Waals surface area contributed by atoms with E-state index in [0.29, 0.717) is 19.6 Å². The molecule has 0 bridgehead atoms. The molecule has 3 rings (SSSR count). The highest BCUT2D eigenvalue weighted by molar-refractivity contribution is 5.79. The van der Waals surface area contributed by atoms with Crippen LogP contribution >= 0.6 is 0 Å². The van der Waals surface area contributed by atoms with Crippen LogP contribution in [-0.2, 0) is 16.1 Å². The molecule has 0 spiro atoms. The third kappa shape index (κ3) is 7.28. The van der Waals surface area contributed by atoms with Crippen LogP contribution in [-0.4, -0.2) is 42.9 Å². The summed E-state index contributed by atoms with van der Waals surface area (Å²) in [5, 5.41) is 5.96. The van der Waals surface area contributed by atoms with Crippen LogP contribution in [0.5, 0.6) is 0 Å². The summed E-state index contributed by atoms with van der Waals surface area (Å²) < 4.78 is 12.9. The second-order valence-electron chi connectivity index (χ2n) is 8.10. The summed E-state index contributed by atoms with van der Waals surface area (Å²) in [6.07, 6.45) is 9.71. The molecule has 0 atom stereocenters. The number of nitrogens with zero attached hydrogens (tertiary/aromatic N) is 1. The average Bonchev–Trinajstić information content (AvgIpc) is 2.74. The van der Waals surface area contributed by atoms with Gasteiger partial charge in [0.2, 0.25) is 11.8 Å². The Hall–Kier alpha value is -2.21. The van der Waals surface area contributed by atoms with E-state index in [2.05, 4.69) is 21.6 Å². The van der Waals surface area contributed by atoms with Crippen molar-refractivity contribution in [3.05, 3.63) is 47.3 Å². The zero-order valence-electron chi connectivity index (χ0n) is 17.1. The van der Waals surface area contributed by atoms with E-state index in [1.54, 1.807) is 12.1 Å². The minimum Gasteiger partial charge on any atom is -0.355 e. The first-order chi connectivity index (χ1) is 14.1. The smallest absolute Gasteiger partial charge is 0.234 e. The van der Waals surface area contributed by atoms with Gasteiger partial charge in [0.25, 0.3) is 0 Å². The number of hydrogen-bond acceptors (Lipinski definition) is 3. The Kier molecular flexibility index (Phi) is 8.23. The zero-order valence-corrected chi connectivity index (χ0v) is 17.1. The number of amides is 2. The van der Waals surface area contributed by atoms with Gasteiger partial charge in [0.15, 0.2) is 0 Å². The van der Waals surface area contributed by atoms with Gasteiger partial charge in [-0.3, -0.25) is 14.5 Å². The molecule has 29 heavy (non-hydrogen) atoms. The lowest BCUT2D eigenvalue weighted by atomic mass is 9.95. The first-order valence-corrected chi connectivity index (χ1v) is 10.8. The summed E-state index contributed by atoms with van der Waals surface area (Å²) in [5.41, 5.74) is 2.36. The van der Waals surface area contributed by atoms with Crippen molar-refractivity contribution < 1.29 is 14.0 Å². The Morgan fingerprint density at radius 1 is 1.07 bits per heavy atom. The Morgan fingerprint density at radius 3 is 2.52 bits per heavy atom. The molecule has 2 amide bonds. The van der Waals surface area contributed by atoms with E-state index in [1.165, 1.54) is 43.4 Å². The second-order valence-corrected chi connectivity index (χ2v) is 8.10. The van der Waals surface area contributed by atoms with E-state index >= 15 is 0 Å². The maximum atomic E-state index is 12.9. The van der Waals surface area contributed by atoms with Crippen molar-refractivity contribution in [1.82, 2.24) is 15.5 Å². The van der Waals surface area contributed by atoms with E-state index in [4.69, 9.17) is 0 Å². The molecule has 1 aliphatic heterocycles. The molecule has 5 nitrogen and oxygen atoms in total. The summed E-state index contributed by atoms with van der Waals surface area (Å²) in [6.45, 7) is 3.05. The minimum absolute atomic E-state index is 0.0204. The lowest BCUT2D eigenvalue weighted by Gasteiger charge is -2.30. The van der Waals surface area contributed by atoms with Gasteiger partial charge >= 0.3 is 0 Å². The molecule has 6 heteroatoms. The van der Waals surface area contributed by atoms with Crippen molar-refractivity contribution in [1.29, 1.82) is 0 Å². The molecule has 1 saturated heterocycles. The monoisotopic (exact) mass is 401 g/mol. The van der Waals surface area contributed by atoms with Crippen LogP contribution in [0.3, 0.4) is 0 Å². The molecule has 1 heterocycles. The fourth-order valence-electron chi connectivity index (χ4n) is 4.04. The number of halogens is 1. The lowest BCUT2D eigenvalue weighted by Crippen LogP contribution is -2.44. The van der Waals surface area contributed by atoms with Crippen molar-refractivity contribution in [3.8, 4) is 0 Å². The summed E-state index contributed by atoms with van der Waals surface area (Å²) in [6, 6.07) is 6.16. The van der Waals surface area contributed by atoms with Crippen molar-refractivity contribution in [2.45, 2.75) is 51.5 Å². The number of carbonyl (C=O) groups excluding carboxylic acids is 2. The molecule has 0 unspecified atom stereocenters. The highest BCUT2D eigenvalue weighted by atomic mass is 19.1. The fraction of sp³-hybridized carbons (Fsp3) is 0.565. The van der Waals surface area contributed by atoms with Gasteiger partial charge in [-0.2, -0.15) is 0 Å². The van der Waals surface area contributed by atoms with Crippen molar-refractivity contribution in [3.63, 3.8) is 0 Å². The molecule has 1 aliphatic carbocycles. The lowest BCUT2D eigenvalue weighted by molar-refractivity contribution is -0.127. The third-order valence-electron chi connectivity index (χ3n) is 5.86. The van der Waals surface area contributed by atoms with E-state index in [9.17, 15) is 14.0 Å². The van der Waals surface area contributed by atoms with Gasteiger partial charge in [-0.05, 0) is 75.7 Å². The molecule has 0 saturated carbocycles. The minimum atomic E-state index is -0.275. The topological polar surface area (TPSA) is 61.4 Å². The third-order valence-corrected chi connectivity index (χ3v) is 5.86. The van der Waals surface area contributed by atoms with E-state index in [-0.39, 0.29) is 23.5 Å². The van der Waals surface area contributed by atoms with Crippen molar-refractivity contribution in [2.24, 2.45) is 5.92 Å². The van der Waals surface area contributed by atoms with Crippen LogP contribution in [0.2, 0.25) is 0 Å². The maximum absolute atomic E-state index is 12.9. The van der Waals surface area contributed by atoms with Gasteiger partial charge in [-0.1, -0.05) is 23.8 Å². The number of rotatable bonds is 8. The Bertz CT molecular complexity index is 709. The molecular weight excluding hydrogens is 369 g/mol. The van der Waals surface area contributed by atoms with Crippen LogP contribution in [0.25, 0.3) is 0 Å². The molecule has 0 aromatic heterocycles. The summed E-state index contributed by atoms with van der Waals surface area (Å²) in [7, 11) is 0. The second kappa shape index (κ2) is 11.1. The van der Waals surface area contributed by atoms with Gasteiger partial charge in [0.05, 0.1) is 6.54 Å². The summed E-state index contributed by atoms with van der Waals surface area (Å²) >= 11 is 0. The molecule has 2 aliphatic rings.